The minimum Gasteiger partial charge on any atom is -0.491 e. The summed E-state index contributed by atoms with van der Waals surface area (Å²) in [5, 5.41) is 3.98. The molecule has 0 amide bonds. The molecule has 0 radical (unpaired) electrons. The second-order valence-corrected chi connectivity index (χ2v) is 9.06. The van der Waals surface area contributed by atoms with Gasteiger partial charge in [0.2, 0.25) is 10.0 Å². The van der Waals surface area contributed by atoms with Crippen molar-refractivity contribution in [1.29, 1.82) is 0 Å². The van der Waals surface area contributed by atoms with Crippen molar-refractivity contribution in [3.05, 3.63) is 41.3 Å². The SMILES string of the molecule is Cc1noc(C)c1CN1CCN(S(=O)(=O)c2ccc(OC(C)C)cc2)CC1. The standard InChI is InChI=1S/C19H27N3O4S/c1-14(2)25-17-5-7-18(8-6-17)27(23,24)22-11-9-21(10-12-22)13-19-15(3)20-26-16(19)4/h5-8,14H,9-13H2,1-4H3. The average molecular weight is 394 g/mol. The van der Waals surface area contributed by atoms with Gasteiger partial charge in [-0.3, -0.25) is 4.90 Å². The number of sulfonamides is 1. The summed E-state index contributed by atoms with van der Waals surface area (Å²) < 4.78 is 38.1. The molecule has 27 heavy (non-hydrogen) atoms. The Kier molecular flexibility index (Phi) is 5.88. The summed E-state index contributed by atoms with van der Waals surface area (Å²) in [6.07, 6.45) is 0.0539. The van der Waals surface area contributed by atoms with E-state index >= 15 is 0 Å². The minimum absolute atomic E-state index is 0.0539. The van der Waals surface area contributed by atoms with Crippen molar-refractivity contribution in [1.82, 2.24) is 14.4 Å². The monoisotopic (exact) mass is 393 g/mol. The van der Waals surface area contributed by atoms with Crippen molar-refractivity contribution in [2.24, 2.45) is 0 Å². The van der Waals surface area contributed by atoms with Gasteiger partial charge in [0.1, 0.15) is 11.5 Å². The van der Waals surface area contributed by atoms with Gasteiger partial charge in [0.15, 0.2) is 0 Å². The predicted molar refractivity (Wildman–Crippen MR) is 102 cm³/mol. The van der Waals surface area contributed by atoms with Gasteiger partial charge in [0, 0.05) is 38.3 Å². The first-order valence-electron chi connectivity index (χ1n) is 9.18. The molecule has 1 aromatic carbocycles. The summed E-state index contributed by atoms with van der Waals surface area (Å²) in [5.74, 6) is 1.50. The lowest BCUT2D eigenvalue weighted by atomic mass is 10.2. The highest BCUT2D eigenvalue weighted by molar-refractivity contribution is 7.89. The first-order chi connectivity index (χ1) is 12.8. The fourth-order valence-corrected chi connectivity index (χ4v) is 4.61. The van der Waals surface area contributed by atoms with Gasteiger partial charge in [-0.2, -0.15) is 4.31 Å². The van der Waals surface area contributed by atoms with Gasteiger partial charge in [0.25, 0.3) is 0 Å². The molecular formula is C19H27N3O4S. The van der Waals surface area contributed by atoms with E-state index in [1.165, 1.54) is 0 Å². The van der Waals surface area contributed by atoms with E-state index in [1.807, 2.05) is 27.7 Å². The molecule has 2 aromatic rings. The van der Waals surface area contributed by atoms with E-state index in [-0.39, 0.29) is 6.10 Å². The summed E-state index contributed by atoms with van der Waals surface area (Å²) >= 11 is 0. The van der Waals surface area contributed by atoms with Crippen LogP contribution in [0.3, 0.4) is 0 Å². The van der Waals surface area contributed by atoms with Crippen molar-refractivity contribution in [3.63, 3.8) is 0 Å². The summed E-state index contributed by atoms with van der Waals surface area (Å²) in [6, 6.07) is 6.65. The molecule has 7 nitrogen and oxygen atoms in total. The molecular weight excluding hydrogens is 366 g/mol. The molecule has 0 atom stereocenters. The van der Waals surface area contributed by atoms with E-state index in [0.717, 1.165) is 23.6 Å². The zero-order valence-corrected chi connectivity index (χ0v) is 17.1. The number of piperazine rings is 1. The molecule has 1 fully saturated rings. The Morgan fingerprint density at radius 2 is 1.74 bits per heavy atom. The Morgan fingerprint density at radius 3 is 2.26 bits per heavy atom. The smallest absolute Gasteiger partial charge is 0.243 e. The summed E-state index contributed by atoms with van der Waals surface area (Å²) in [4.78, 5) is 2.54. The molecule has 0 unspecified atom stereocenters. The highest BCUT2D eigenvalue weighted by atomic mass is 32.2. The van der Waals surface area contributed by atoms with Crippen molar-refractivity contribution < 1.29 is 17.7 Å². The average Bonchev–Trinajstić information content (AvgIpc) is 2.94. The van der Waals surface area contributed by atoms with E-state index in [1.54, 1.807) is 28.6 Å². The number of aromatic nitrogens is 1. The summed E-state index contributed by atoms with van der Waals surface area (Å²) in [5.41, 5.74) is 1.98. The minimum atomic E-state index is -3.49. The maximum atomic E-state index is 12.9. The van der Waals surface area contributed by atoms with Crippen molar-refractivity contribution in [2.45, 2.75) is 45.2 Å². The molecule has 0 saturated carbocycles. The predicted octanol–water partition coefficient (Wildman–Crippen LogP) is 2.59. The first-order valence-corrected chi connectivity index (χ1v) is 10.6. The summed E-state index contributed by atoms with van der Waals surface area (Å²) in [6.45, 7) is 10.7. The molecule has 2 heterocycles. The zero-order chi connectivity index (χ0) is 19.6. The van der Waals surface area contributed by atoms with Crippen LogP contribution in [0.5, 0.6) is 5.75 Å². The topological polar surface area (TPSA) is 75.9 Å². The van der Waals surface area contributed by atoms with Gasteiger partial charge in [0.05, 0.1) is 16.7 Å². The van der Waals surface area contributed by atoms with E-state index in [2.05, 4.69) is 10.1 Å². The lowest BCUT2D eigenvalue weighted by molar-refractivity contribution is 0.180. The van der Waals surface area contributed by atoms with Crippen LogP contribution in [0, 0.1) is 13.8 Å². The van der Waals surface area contributed by atoms with Crippen LogP contribution < -0.4 is 4.74 Å². The Labute approximate surface area is 160 Å². The fourth-order valence-electron chi connectivity index (χ4n) is 3.19. The molecule has 0 N–H and O–H groups in total. The Bertz CT molecular complexity index is 847. The molecule has 8 heteroatoms. The third-order valence-electron chi connectivity index (χ3n) is 4.73. The number of hydrogen-bond acceptors (Lipinski definition) is 6. The number of benzene rings is 1. The number of nitrogens with zero attached hydrogens (tertiary/aromatic N) is 3. The first kappa shape index (κ1) is 19.9. The summed E-state index contributed by atoms with van der Waals surface area (Å²) in [7, 11) is -3.49. The number of hydrogen-bond donors (Lipinski definition) is 0. The lowest BCUT2D eigenvalue weighted by Gasteiger charge is -2.33. The number of ether oxygens (including phenoxy) is 1. The second-order valence-electron chi connectivity index (χ2n) is 7.12. The largest absolute Gasteiger partial charge is 0.491 e. The van der Waals surface area contributed by atoms with Gasteiger partial charge < -0.3 is 9.26 Å². The van der Waals surface area contributed by atoms with Crippen LogP contribution in [0.1, 0.15) is 30.9 Å². The third-order valence-corrected chi connectivity index (χ3v) is 6.64. The molecule has 0 aliphatic carbocycles. The van der Waals surface area contributed by atoms with Crippen LogP contribution in [0.4, 0.5) is 0 Å². The van der Waals surface area contributed by atoms with Gasteiger partial charge >= 0.3 is 0 Å². The molecule has 148 valence electrons. The molecule has 1 saturated heterocycles. The Morgan fingerprint density at radius 1 is 1.11 bits per heavy atom. The van der Waals surface area contributed by atoms with Gasteiger partial charge in [-0.05, 0) is 52.0 Å². The molecule has 0 bridgehead atoms. The van der Waals surface area contributed by atoms with Crippen LogP contribution in [0.15, 0.2) is 33.7 Å². The highest BCUT2D eigenvalue weighted by Gasteiger charge is 2.29. The van der Waals surface area contributed by atoms with E-state index in [4.69, 9.17) is 9.26 Å². The van der Waals surface area contributed by atoms with Gasteiger partial charge in [-0.1, -0.05) is 5.16 Å². The molecule has 1 aliphatic rings. The number of aryl methyl sites for hydroxylation is 2. The molecule has 1 aliphatic heterocycles. The quantitative estimate of drug-likeness (QED) is 0.751. The van der Waals surface area contributed by atoms with Crippen LogP contribution in [0.25, 0.3) is 0 Å². The molecule has 1 aromatic heterocycles. The van der Waals surface area contributed by atoms with Crippen LogP contribution in [-0.2, 0) is 16.6 Å². The highest BCUT2D eigenvalue weighted by Crippen LogP contribution is 2.22. The molecule has 0 spiro atoms. The number of rotatable bonds is 6. The van der Waals surface area contributed by atoms with Crippen molar-refractivity contribution >= 4 is 10.0 Å². The Balaban J connectivity index is 1.62. The van der Waals surface area contributed by atoms with Gasteiger partial charge in [-0.15, -0.1) is 0 Å². The lowest BCUT2D eigenvalue weighted by Crippen LogP contribution is -2.48. The van der Waals surface area contributed by atoms with Crippen LogP contribution in [0.2, 0.25) is 0 Å². The van der Waals surface area contributed by atoms with Crippen LogP contribution in [-0.4, -0.2) is 55.1 Å². The van der Waals surface area contributed by atoms with E-state index in [0.29, 0.717) is 36.8 Å². The maximum absolute atomic E-state index is 12.9. The van der Waals surface area contributed by atoms with Crippen LogP contribution >= 0.6 is 0 Å². The fraction of sp³-hybridized carbons (Fsp3) is 0.526. The third kappa shape index (κ3) is 4.51. The van der Waals surface area contributed by atoms with Gasteiger partial charge in [-0.25, -0.2) is 8.42 Å². The maximum Gasteiger partial charge on any atom is 0.243 e. The van der Waals surface area contributed by atoms with E-state index in [9.17, 15) is 8.42 Å². The Hall–Kier alpha value is -1.90. The van der Waals surface area contributed by atoms with Crippen molar-refractivity contribution in [2.75, 3.05) is 26.2 Å². The normalized spacial score (nSPS) is 16.8. The second kappa shape index (κ2) is 8.00. The molecule has 3 rings (SSSR count). The van der Waals surface area contributed by atoms with Crippen molar-refractivity contribution in [3.8, 4) is 5.75 Å². The zero-order valence-electron chi connectivity index (χ0n) is 16.3. The van der Waals surface area contributed by atoms with E-state index < -0.39 is 10.0 Å².